The highest BCUT2D eigenvalue weighted by Crippen LogP contribution is 2.16. The third kappa shape index (κ3) is 8.15. The molecule has 27 heavy (non-hydrogen) atoms. The van der Waals surface area contributed by atoms with Gasteiger partial charge in [0.05, 0.1) is 20.2 Å². The zero-order valence-corrected chi connectivity index (χ0v) is 16.4. The Morgan fingerprint density at radius 2 is 1.67 bits per heavy atom. The Morgan fingerprint density at radius 3 is 2.33 bits per heavy atom. The van der Waals surface area contributed by atoms with Crippen molar-refractivity contribution in [2.75, 3.05) is 44.9 Å². The van der Waals surface area contributed by atoms with Gasteiger partial charge in [0.2, 0.25) is 11.8 Å². The van der Waals surface area contributed by atoms with E-state index in [1.807, 2.05) is 30.3 Å². The number of nitrogens with one attached hydrogen (secondary N) is 2. The van der Waals surface area contributed by atoms with Crippen molar-refractivity contribution in [3.05, 3.63) is 54.6 Å². The molecule has 0 spiro atoms. The van der Waals surface area contributed by atoms with E-state index in [1.54, 1.807) is 55.1 Å². The maximum Gasteiger partial charge on any atom is 0.238 e. The van der Waals surface area contributed by atoms with Crippen LogP contribution in [0.25, 0.3) is 0 Å². The lowest BCUT2D eigenvalue weighted by molar-refractivity contribution is -0.122. The van der Waals surface area contributed by atoms with Gasteiger partial charge >= 0.3 is 0 Å². The molecule has 0 heterocycles. The quantitative estimate of drug-likeness (QED) is 0.484. The Bertz CT molecular complexity index is 723. The Morgan fingerprint density at radius 1 is 1.00 bits per heavy atom. The fourth-order valence-corrected chi connectivity index (χ4v) is 3.14. The van der Waals surface area contributed by atoms with E-state index in [4.69, 9.17) is 4.74 Å². The summed E-state index contributed by atoms with van der Waals surface area (Å²) in [6.07, 6.45) is 0. The average molecular weight is 388 g/mol. The summed E-state index contributed by atoms with van der Waals surface area (Å²) in [5.41, 5.74) is 0.691. The fraction of sp³-hybridized carbons (Fsp3) is 0.300. The maximum absolute atomic E-state index is 12.1. The highest BCUT2D eigenvalue weighted by atomic mass is 32.2. The molecule has 0 aliphatic carbocycles. The van der Waals surface area contributed by atoms with Crippen LogP contribution in [0.3, 0.4) is 0 Å². The standard InChI is InChI=1S/C20H25N3O3S/c1-23(15-20(25)22-16-8-10-17(26-2)11-9-16)14-19(24)21-12-13-27-18-6-4-3-5-7-18/h3-11H,12-15H2,1-2H3,(H,21,24)(H,22,25). The number of carbonyl (C=O) groups is 2. The number of nitrogens with zero attached hydrogens (tertiary/aromatic N) is 1. The number of carbonyl (C=O) groups excluding carboxylic acids is 2. The molecule has 2 aromatic rings. The van der Waals surface area contributed by atoms with Crippen LogP contribution in [0.15, 0.2) is 59.5 Å². The first-order valence-corrected chi connectivity index (χ1v) is 9.62. The molecule has 2 amide bonds. The number of likely N-dealkylation sites (N-methyl/N-ethyl adjacent to an activating group) is 1. The number of hydrogen-bond acceptors (Lipinski definition) is 5. The van der Waals surface area contributed by atoms with E-state index in [0.717, 1.165) is 11.5 Å². The molecule has 2 rings (SSSR count). The predicted molar refractivity (Wildman–Crippen MR) is 109 cm³/mol. The second-order valence-corrected chi connectivity index (χ2v) is 7.13. The predicted octanol–water partition coefficient (Wildman–Crippen LogP) is 2.47. The second kappa shape index (κ2) is 11.3. The van der Waals surface area contributed by atoms with Crippen molar-refractivity contribution < 1.29 is 14.3 Å². The van der Waals surface area contributed by atoms with E-state index in [1.165, 1.54) is 4.90 Å². The maximum atomic E-state index is 12.1. The first-order chi connectivity index (χ1) is 13.1. The minimum absolute atomic E-state index is 0.0941. The molecule has 0 unspecified atom stereocenters. The molecule has 2 N–H and O–H groups in total. The molecule has 0 saturated heterocycles. The van der Waals surface area contributed by atoms with E-state index in [2.05, 4.69) is 10.6 Å². The molecule has 0 fully saturated rings. The summed E-state index contributed by atoms with van der Waals surface area (Å²) in [5, 5.41) is 5.67. The van der Waals surface area contributed by atoms with Crippen molar-refractivity contribution in [1.29, 1.82) is 0 Å². The molecule has 0 atom stereocenters. The lowest BCUT2D eigenvalue weighted by Gasteiger charge is -2.16. The van der Waals surface area contributed by atoms with E-state index >= 15 is 0 Å². The van der Waals surface area contributed by atoms with Gasteiger partial charge in [0, 0.05) is 22.9 Å². The molecular weight excluding hydrogens is 362 g/mol. The topological polar surface area (TPSA) is 70.7 Å². The van der Waals surface area contributed by atoms with Gasteiger partial charge in [-0.1, -0.05) is 18.2 Å². The zero-order chi connectivity index (χ0) is 19.5. The summed E-state index contributed by atoms with van der Waals surface area (Å²) in [4.78, 5) is 26.9. The third-order valence-corrected chi connectivity index (χ3v) is 4.65. The molecule has 7 heteroatoms. The smallest absolute Gasteiger partial charge is 0.238 e. The molecule has 6 nitrogen and oxygen atoms in total. The summed E-state index contributed by atoms with van der Waals surface area (Å²) in [6.45, 7) is 0.897. The summed E-state index contributed by atoms with van der Waals surface area (Å²) < 4.78 is 5.08. The van der Waals surface area contributed by atoms with E-state index < -0.39 is 0 Å². The van der Waals surface area contributed by atoms with Gasteiger partial charge in [0.25, 0.3) is 0 Å². The number of benzene rings is 2. The summed E-state index contributed by atoms with van der Waals surface area (Å²) in [7, 11) is 3.33. The van der Waals surface area contributed by atoms with E-state index in [-0.39, 0.29) is 24.9 Å². The molecule has 0 aliphatic heterocycles. The van der Waals surface area contributed by atoms with E-state index in [0.29, 0.717) is 12.2 Å². The molecule has 144 valence electrons. The van der Waals surface area contributed by atoms with Gasteiger partial charge < -0.3 is 15.4 Å². The van der Waals surface area contributed by atoms with Crippen LogP contribution in [0.5, 0.6) is 5.75 Å². The molecule has 0 aliphatic rings. The van der Waals surface area contributed by atoms with Crippen LogP contribution in [0.2, 0.25) is 0 Å². The zero-order valence-electron chi connectivity index (χ0n) is 15.6. The monoisotopic (exact) mass is 387 g/mol. The Labute approximate surface area is 164 Å². The number of thioether (sulfide) groups is 1. The van der Waals surface area contributed by atoms with Crippen LogP contribution >= 0.6 is 11.8 Å². The number of methoxy groups -OCH3 is 1. The van der Waals surface area contributed by atoms with Crippen LogP contribution in [0, 0.1) is 0 Å². The number of ether oxygens (including phenoxy) is 1. The van der Waals surface area contributed by atoms with Gasteiger partial charge in [-0.05, 0) is 43.4 Å². The van der Waals surface area contributed by atoms with Gasteiger partial charge in [-0.25, -0.2) is 0 Å². The molecule has 2 aromatic carbocycles. The fourth-order valence-electron chi connectivity index (χ4n) is 2.35. The highest BCUT2D eigenvalue weighted by molar-refractivity contribution is 7.99. The van der Waals surface area contributed by atoms with Crippen LogP contribution in [-0.2, 0) is 9.59 Å². The lowest BCUT2D eigenvalue weighted by atomic mass is 10.3. The SMILES string of the molecule is COc1ccc(NC(=O)CN(C)CC(=O)NCCSc2ccccc2)cc1. The molecule has 0 bridgehead atoms. The lowest BCUT2D eigenvalue weighted by Crippen LogP contribution is -2.39. The number of amides is 2. The number of rotatable bonds is 10. The van der Waals surface area contributed by atoms with Gasteiger partial charge in [-0.2, -0.15) is 0 Å². The van der Waals surface area contributed by atoms with Crippen LogP contribution in [-0.4, -0.2) is 56.3 Å². The summed E-state index contributed by atoms with van der Waals surface area (Å²) in [5.74, 6) is 1.27. The largest absolute Gasteiger partial charge is 0.497 e. The van der Waals surface area contributed by atoms with Gasteiger partial charge in [-0.15, -0.1) is 11.8 Å². The third-order valence-electron chi connectivity index (χ3n) is 3.64. The summed E-state index contributed by atoms with van der Waals surface area (Å²) in [6, 6.07) is 17.2. The van der Waals surface area contributed by atoms with Crippen molar-refractivity contribution in [2.45, 2.75) is 4.90 Å². The Hall–Kier alpha value is -2.51. The van der Waals surface area contributed by atoms with Crippen LogP contribution in [0.1, 0.15) is 0 Å². The average Bonchev–Trinajstić information content (AvgIpc) is 2.66. The number of anilines is 1. The van der Waals surface area contributed by atoms with Crippen LogP contribution < -0.4 is 15.4 Å². The molecule has 0 saturated carbocycles. The molecule has 0 radical (unpaired) electrons. The molecule has 0 aromatic heterocycles. The minimum Gasteiger partial charge on any atom is -0.497 e. The van der Waals surface area contributed by atoms with Crippen molar-refractivity contribution in [2.24, 2.45) is 0 Å². The first kappa shape index (κ1) is 20.8. The minimum atomic E-state index is -0.171. The first-order valence-electron chi connectivity index (χ1n) is 8.64. The van der Waals surface area contributed by atoms with Crippen molar-refractivity contribution in [3.8, 4) is 5.75 Å². The normalized spacial score (nSPS) is 10.5. The van der Waals surface area contributed by atoms with Crippen LogP contribution in [0.4, 0.5) is 5.69 Å². The summed E-state index contributed by atoms with van der Waals surface area (Å²) >= 11 is 1.69. The van der Waals surface area contributed by atoms with Crippen molar-refractivity contribution >= 4 is 29.3 Å². The molecular formula is C20H25N3O3S. The van der Waals surface area contributed by atoms with Crippen molar-refractivity contribution in [1.82, 2.24) is 10.2 Å². The Kier molecular flexibility index (Phi) is 8.67. The van der Waals surface area contributed by atoms with Crippen molar-refractivity contribution in [3.63, 3.8) is 0 Å². The highest BCUT2D eigenvalue weighted by Gasteiger charge is 2.11. The second-order valence-electron chi connectivity index (χ2n) is 5.96. The van der Waals surface area contributed by atoms with E-state index in [9.17, 15) is 9.59 Å². The van der Waals surface area contributed by atoms with Gasteiger partial charge in [-0.3, -0.25) is 14.5 Å². The van der Waals surface area contributed by atoms with Gasteiger partial charge in [0.1, 0.15) is 5.75 Å². The van der Waals surface area contributed by atoms with Gasteiger partial charge in [0.15, 0.2) is 0 Å². The number of hydrogen-bond donors (Lipinski definition) is 2. The Balaban J connectivity index is 1.62.